The molecule has 0 bridgehead atoms. The molecule has 3 aromatic rings. The highest BCUT2D eigenvalue weighted by atomic mass is 35.5. The van der Waals surface area contributed by atoms with Gasteiger partial charge in [-0.1, -0.05) is 23.7 Å². The Morgan fingerprint density at radius 3 is 2.82 bits per heavy atom. The summed E-state index contributed by atoms with van der Waals surface area (Å²) in [5, 5.41) is 3.72. The number of furan rings is 1. The number of halogens is 1. The van der Waals surface area contributed by atoms with Crippen molar-refractivity contribution in [2.75, 3.05) is 39.4 Å². The van der Waals surface area contributed by atoms with E-state index in [1.165, 1.54) is 0 Å². The molecule has 1 aromatic carbocycles. The molecular weight excluding hydrogens is 378 g/mol. The Labute approximate surface area is 169 Å². The van der Waals surface area contributed by atoms with Gasteiger partial charge < -0.3 is 19.0 Å². The van der Waals surface area contributed by atoms with Gasteiger partial charge in [-0.05, 0) is 24.6 Å². The molecule has 1 fully saturated rings. The summed E-state index contributed by atoms with van der Waals surface area (Å²) >= 11 is 6.13. The second-order valence-corrected chi connectivity index (χ2v) is 7.50. The van der Waals surface area contributed by atoms with E-state index in [4.69, 9.17) is 20.8 Å². The highest BCUT2D eigenvalue weighted by molar-refractivity contribution is 6.30. The minimum atomic E-state index is -0.0978. The average molecular weight is 402 g/mol. The minimum absolute atomic E-state index is 0.0978. The van der Waals surface area contributed by atoms with E-state index in [0.717, 1.165) is 55.3 Å². The molecule has 2 aromatic heterocycles. The summed E-state index contributed by atoms with van der Waals surface area (Å²) in [4.78, 5) is 15.2. The van der Waals surface area contributed by atoms with Gasteiger partial charge in [0.15, 0.2) is 5.58 Å². The number of benzene rings is 1. The number of amides is 1. The lowest BCUT2D eigenvalue weighted by Crippen LogP contribution is -2.41. The number of nitrogens with one attached hydrogen (secondary N) is 1. The summed E-state index contributed by atoms with van der Waals surface area (Å²) < 4.78 is 13.1. The Morgan fingerprint density at radius 1 is 1.21 bits per heavy atom. The van der Waals surface area contributed by atoms with Crippen LogP contribution in [0.4, 0.5) is 0 Å². The molecule has 4 rings (SSSR count). The van der Waals surface area contributed by atoms with Gasteiger partial charge in [0.1, 0.15) is 11.5 Å². The summed E-state index contributed by atoms with van der Waals surface area (Å²) in [5.41, 5.74) is 3.26. The van der Waals surface area contributed by atoms with Crippen LogP contribution >= 0.6 is 11.6 Å². The van der Waals surface area contributed by atoms with E-state index in [-0.39, 0.29) is 5.91 Å². The molecule has 0 saturated carbocycles. The Bertz CT molecular complexity index is 973. The van der Waals surface area contributed by atoms with Gasteiger partial charge in [-0.3, -0.25) is 9.69 Å². The second kappa shape index (κ2) is 8.39. The molecule has 6 nitrogen and oxygen atoms in total. The third-order valence-electron chi connectivity index (χ3n) is 4.99. The van der Waals surface area contributed by atoms with E-state index < -0.39 is 0 Å². The first-order valence-electron chi connectivity index (χ1n) is 9.52. The zero-order valence-electron chi connectivity index (χ0n) is 15.9. The van der Waals surface area contributed by atoms with Gasteiger partial charge in [0.05, 0.1) is 18.7 Å². The molecule has 148 valence electrons. The monoisotopic (exact) mass is 401 g/mol. The lowest BCUT2D eigenvalue weighted by atomic mass is 10.2. The predicted molar refractivity (Wildman–Crippen MR) is 109 cm³/mol. The second-order valence-electron chi connectivity index (χ2n) is 7.06. The van der Waals surface area contributed by atoms with Crippen LogP contribution in [0, 0.1) is 6.92 Å². The van der Waals surface area contributed by atoms with E-state index in [0.29, 0.717) is 23.8 Å². The molecule has 0 spiro atoms. The Morgan fingerprint density at radius 2 is 2.04 bits per heavy atom. The molecule has 3 heterocycles. The quantitative estimate of drug-likeness (QED) is 0.688. The van der Waals surface area contributed by atoms with E-state index in [9.17, 15) is 4.79 Å². The fraction of sp³-hybridized carbons (Fsp3) is 0.381. The first-order valence-corrected chi connectivity index (χ1v) is 9.90. The first kappa shape index (κ1) is 19.1. The van der Waals surface area contributed by atoms with Crippen LogP contribution in [0.3, 0.4) is 0 Å². The molecule has 7 heteroatoms. The van der Waals surface area contributed by atoms with Crippen LogP contribution in [-0.2, 0) is 11.3 Å². The lowest BCUT2D eigenvalue weighted by Gasteiger charge is -2.26. The van der Waals surface area contributed by atoms with Crippen molar-refractivity contribution in [1.82, 2.24) is 14.8 Å². The van der Waals surface area contributed by atoms with Crippen molar-refractivity contribution < 1.29 is 13.9 Å². The van der Waals surface area contributed by atoms with Gasteiger partial charge >= 0.3 is 0 Å². The van der Waals surface area contributed by atoms with Crippen molar-refractivity contribution in [3.8, 4) is 0 Å². The fourth-order valence-corrected chi connectivity index (χ4v) is 3.80. The van der Waals surface area contributed by atoms with Crippen LogP contribution in [0.15, 0.2) is 40.8 Å². The topological polar surface area (TPSA) is 59.6 Å². The molecule has 1 N–H and O–H groups in total. The molecule has 1 aliphatic rings. The fourth-order valence-electron chi connectivity index (χ4n) is 3.58. The Kier molecular flexibility index (Phi) is 5.71. The summed E-state index contributed by atoms with van der Waals surface area (Å²) in [6.45, 7) is 7.21. The van der Waals surface area contributed by atoms with Crippen molar-refractivity contribution in [3.05, 3.63) is 58.4 Å². The molecule has 1 aliphatic heterocycles. The first-order chi connectivity index (χ1) is 13.6. The van der Waals surface area contributed by atoms with E-state index in [1.807, 2.05) is 47.9 Å². The van der Waals surface area contributed by atoms with Crippen molar-refractivity contribution >= 4 is 28.6 Å². The molecule has 0 aliphatic carbocycles. The van der Waals surface area contributed by atoms with Gasteiger partial charge in [-0.25, -0.2) is 0 Å². The Hall–Kier alpha value is -2.28. The SMILES string of the molecule is Cc1cc2c(cc(C(=O)NCCN3CCOCC3)n2Cc2cccc(Cl)c2)o1. The number of aryl methyl sites for hydroxylation is 1. The standard InChI is InChI=1S/C21H24ClN3O3/c1-15-11-18-20(28-15)13-19(25(18)14-16-3-2-4-17(22)12-16)21(26)23-5-6-24-7-9-27-10-8-24/h2-4,11-13H,5-10,14H2,1H3,(H,23,26). The van der Waals surface area contributed by atoms with Gasteiger partial charge in [0, 0.05) is 49.9 Å². The third kappa shape index (κ3) is 4.24. The number of hydrogen-bond acceptors (Lipinski definition) is 4. The number of carbonyl (C=O) groups is 1. The maximum atomic E-state index is 12.9. The zero-order valence-corrected chi connectivity index (χ0v) is 16.7. The van der Waals surface area contributed by atoms with Gasteiger partial charge in [0.2, 0.25) is 0 Å². The van der Waals surface area contributed by atoms with Gasteiger partial charge in [0.25, 0.3) is 5.91 Å². The summed E-state index contributed by atoms with van der Waals surface area (Å²) in [5.74, 6) is 0.725. The summed E-state index contributed by atoms with van der Waals surface area (Å²) in [6.07, 6.45) is 0. The molecule has 0 atom stereocenters. The lowest BCUT2D eigenvalue weighted by molar-refractivity contribution is 0.0383. The van der Waals surface area contributed by atoms with Crippen molar-refractivity contribution in [3.63, 3.8) is 0 Å². The van der Waals surface area contributed by atoms with Gasteiger partial charge in [-0.2, -0.15) is 0 Å². The van der Waals surface area contributed by atoms with Crippen molar-refractivity contribution in [2.24, 2.45) is 0 Å². The van der Waals surface area contributed by atoms with E-state index >= 15 is 0 Å². The largest absolute Gasteiger partial charge is 0.460 e. The smallest absolute Gasteiger partial charge is 0.268 e. The highest BCUT2D eigenvalue weighted by Crippen LogP contribution is 2.25. The number of carbonyl (C=O) groups excluding carboxylic acids is 1. The summed E-state index contributed by atoms with van der Waals surface area (Å²) in [6, 6.07) is 11.5. The normalized spacial score (nSPS) is 15.2. The Balaban J connectivity index is 1.52. The predicted octanol–water partition coefficient (Wildman–Crippen LogP) is 3.31. The van der Waals surface area contributed by atoms with E-state index in [1.54, 1.807) is 0 Å². The van der Waals surface area contributed by atoms with E-state index in [2.05, 4.69) is 10.2 Å². The van der Waals surface area contributed by atoms with Crippen molar-refractivity contribution in [2.45, 2.75) is 13.5 Å². The maximum absolute atomic E-state index is 12.9. The highest BCUT2D eigenvalue weighted by Gasteiger charge is 2.19. The molecule has 28 heavy (non-hydrogen) atoms. The van der Waals surface area contributed by atoms with Gasteiger partial charge in [-0.15, -0.1) is 0 Å². The zero-order chi connectivity index (χ0) is 19.5. The van der Waals surface area contributed by atoms with Crippen molar-refractivity contribution in [1.29, 1.82) is 0 Å². The van der Waals surface area contributed by atoms with Crippen LogP contribution < -0.4 is 5.32 Å². The average Bonchev–Trinajstić information content (AvgIpc) is 3.20. The molecular formula is C21H24ClN3O3. The number of ether oxygens (including phenoxy) is 1. The number of fused-ring (bicyclic) bond motifs is 1. The minimum Gasteiger partial charge on any atom is -0.460 e. The number of rotatable bonds is 6. The molecule has 0 unspecified atom stereocenters. The van der Waals surface area contributed by atoms with Crippen LogP contribution in [0.5, 0.6) is 0 Å². The molecule has 0 radical (unpaired) electrons. The third-order valence-corrected chi connectivity index (χ3v) is 5.23. The molecule has 1 amide bonds. The number of morpholine rings is 1. The van der Waals surface area contributed by atoms with Crippen LogP contribution in [0.25, 0.3) is 11.1 Å². The van der Waals surface area contributed by atoms with Crippen LogP contribution in [0.1, 0.15) is 21.8 Å². The number of nitrogens with zero attached hydrogens (tertiary/aromatic N) is 2. The van der Waals surface area contributed by atoms with Crippen LogP contribution in [-0.4, -0.2) is 54.8 Å². The molecule has 1 saturated heterocycles. The summed E-state index contributed by atoms with van der Waals surface area (Å²) in [7, 11) is 0. The number of aromatic nitrogens is 1. The number of hydrogen-bond donors (Lipinski definition) is 1. The maximum Gasteiger partial charge on any atom is 0.268 e. The van der Waals surface area contributed by atoms with Crippen LogP contribution in [0.2, 0.25) is 5.02 Å².